The van der Waals surface area contributed by atoms with Crippen LogP contribution in [0.25, 0.3) is 0 Å². The monoisotopic (exact) mass is 526 g/mol. The van der Waals surface area contributed by atoms with Gasteiger partial charge in [0.25, 0.3) is 0 Å². The number of aliphatic imine (C=N–C) groups is 1. The predicted octanol–water partition coefficient (Wildman–Crippen LogP) is 3.90. The second kappa shape index (κ2) is 12.8. The average Bonchev–Trinajstić information content (AvgIpc) is 3.25. The molecule has 1 aliphatic heterocycles. The Labute approximate surface area is 195 Å². The molecule has 158 valence electrons. The van der Waals surface area contributed by atoms with E-state index in [0.717, 1.165) is 38.9 Å². The van der Waals surface area contributed by atoms with Crippen LogP contribution in [-0.2, 0) is 17.8 Å². The summed E-state index contributed by atoms with van der Waals surface area (Å²) >= 11 is 1.67. The molecule has 1 aliphatic rings. The number of guanidine groups is 1. The van der Waals surface area contributed by atoms with Crippen molar-refractivity contribution in [3.63, 3.8) is 0 Å². The van der Waals surface area contributed by atoms with Gasteiger partial charge in [-0.2, -0.15) is 11.3 Å². The molecule has 1 amide bonds. The van der Waals surface area contributed by atoms with E-state index in [0.29, 0.717) is 25.0 Å². The van der Waals surface area contributed by atoms with Crippen molar-refractivity contribution in [3.05, 3.63) is 58.3 Å². The van der Waals surface area contributed by atoms with Crippen LogP contribution in [0.2, 0.25) is 0 Å². The third kappa shape index (κ3) is 7.97. The SMILES string of the molecule is CCNC(=NCc1ccsc1)NCC(=O)N1CCC(Cc2ccccc2)CC1.I. The van der Waals surface area contributed by atoms with Crippen molar-refractivity contribution in [2.75, 3.05) is 26.2 Å². The molecular weight excluding hydrogens is 495 g/mol. The second-order valence-electron chi connectivity index (χ2n) is 7.19. The number of nitrogens with one attached hydrogen (secondary N) is 2. The first-order valence-corrected chi connectivity index (χ1v) is 11.0. The zero-order valence-corrected chi connectivity index (χ0v) is 20.1. The van der Waals surface area contributed by atoms with Gasteiger partial charge in [-0.3, -0.25) is 4.79 Å². The lowest BCUT2D eigenvalue weighted by molar-refractivity contribution is -0.131. The van der Waals surface area contributed by atoms with Gasteiger partial charge in [0.2, 0.25) is 5.91 Å². The average molecular weight is 526 g/mol. The summed E-state index contributed by atoms with van der Waals surface area (Å²) in [6.07, 6.45) is 3.26. The van der Waals surface area contributed by atoms with Crippen LogP contribution >= 0.6 is 35.3 Å². The number of likely N-dealkylation sites (tertiary alicyclic amines) is 1. The Hall–Kier alpha value is -1.61. The van der Waals surface area contributed by atoms with Crippen molar-refractivity contribution < 1.29 is 4.79 Å². The van der Waals surface area contributed by atoms with Crippen molar-refractivity contribution in [1.29, 1.82) is 0 Å². The first kappa shape index (κ1) is 23.7. The maximum absolute atomic E-state index is 12.6. The molecule has 0 atom stereocenters. The summed E-state index contributed by atoms with van der Waals surface area (Å²) in [4.78, 5) is 19.1. The van der Waals surface area contributed by atoms with Gasteiger partial charge < -0.3 is 15.5 Å². The molecule has 0 aliphatic carbocycles. The fourth-order valence-corrected chi connectivity index (χ4v) is 4.16. The smallest absolute Gasteiger partial charge is 0.241 e. The largest absolute Gasteiger partial charge is 0.357 e. The summed E-state index contributed by atoms with van der Waals surface area (Å²) in [7, 11) is 0. The maximum atomic E-state index is 12.6. The third-order valence-electron chi connectivity index (χ3n) is 5.09. The second-order valence-corrected chi connectivity index (χ2v) is 7.97. The fourth-order valence-electron chi connectivity index (χ4n) is 3.50. The van der Waals surface area contributed by atoms with Crippen molar-refractivity contribution in [2.24, 2.45) is 10.9 Å². The van der Waals surface area contributed by atoms with E-state index in [2.05, 4.69) is 62.8 Å². The normalized spacial score (nSPS) is 14.9. The molecule has 0 unspecified atom stereocenters. The standard InChI is InChI=1S/C22H30N4OS.HI/c1-2-23-22(24-15-20-10-13-28-17-20)25-16-21(27)26-11-8-19(9-12-26)14-18-6-4-3-5-7-18;/h3-7,10,13,17,19H,2,8-9,11-12,14-16H2,1H3,(H2,23,24,25);1H. The van der Waals surface area contributed by atoms with Gasteiger partial charge in [-0.1, -0.05) is 30.3 Å². The van der Waals surface area contributed by atoms with E-state index in [9.17, 15) is 4.79 Å². The molecule has 1 aromatic carbocycles. The minimum atomic E-state index is 0. The molecule has 0 bridgehead atoms. The molecule has 3 rings (SSSR count). The Morgan fingerprint density at radius 3 is 2.55 bits per heavy atom. The first-order chi connectivity index (χ1) is 13.7. The van der Waals surface area contributed by atoms with E-state index >= 15 is 0 Å². The molecule has 2 aromatic rings. The maximum Gasteiger partial charge on any atom is 0.241 e. The number of halogens is 1. The zero-order valence-electron chi connectivity index (χ0n) is 17.0. The van der Waals surface area contributed by atoms with E-state index in [1.165, 1.54) is 11.1 Å². The number of carbonyl (C=O) groups is 1. The van der Waals surface area contributed by atoms with E-state index in [4.69, 9.17) is 0 Å². The summed E-state index contributed by atoms with van der Waals surface area (Å²) in [5.41, 5.74) is 2.58. The topological polar surface area (TPSA) is 56.7 Å². The third-order valence-corrected chi connectivity index (χ3v) is 5.82. The van der Waals surface area contributed by atoms with E-state index in [-0.39, 0.29) is 29.9 Å². The van der Waals surface area contributed by atoms with E-state index in [1.54, 1.807) is 11.3 Å². The molecular formula is C22H31IN4OS. The van der Waals surface area contributed by atoms with Crippen LogP contribution in [0.4, 0.5) is 0 Å². The van der Waals surface area contributed by atoms with Crippen molar-refractivity contribution in [3.8, 4) is 0 Å². The number of benzene rings is 1. The minimum absolute atomic E-state index is 0. The number of carbonyl (C=O) groups excluding carboxylic acids is 1. The summed E-state index contributed by atoms with van der Waals surface area (Å²) < 4.78 is 0. The number of thiophene rings is 1. The van der Waals surface area contributed by atoms with Crippen LogP contribution in [0.5, 0.6) is 0 Å². The predicted molar refractivity (Wildman–Crippen MR) is 132 cm³/mol. The lowest BCUT2D eigenvalue weighted by Gasteiger charge is -2.32. The summed E-state index contributed by atoms with van der Waals surface area (Å²) in [5, 5.41) is 10.5. The molecule has 5 nitrogen and oxygen atoms in total. The van der Waals surface area contributed by atoms with Gasteiger partial charge in [0, 0.05) is 19.6 Å². The molecule has 1 saturated heterocycles. The van der Waals surface area contributed by atoms with Crippen LogP contribution < -0.4 is 10.6 Å². The van der Waals surface area contributed by atoms with Crippen LogP contribution in [-0.4, -0.2) is 42.9 Å². The van der Waals surface area contributed by atoms with Gasteiger partial charge in [0.1, 0.15) is 0 Å². The van der Waals surface area contributed by atoms with Crippen molar-refractivity contribution in [1.82, 2.24) is 15.5 Å². The summed E-state index contributed by atoms with van der Waals surface area (Å²) in [5.74, 6) is 1.52. The van der Waals surface area contributed by atoms with Crippen molar-refractivity contribution in [2.45, 2.75) is 32.7 Å². The van der Waals surface area contributed by atoms with Gasteiger partial charge in [0.05, 0.1) is 13.1 Å². The van der Waals surface area contributed by atoms with E-state index in [1.807, 2.05) is 11.8 Å². The number of piperidine rings is 1. The highest BCUT2D eigenvalue weighted by Crippen LogP contribution is 2.21. The molecule has 29 heavy (non-hydrogen) atoms. The molecule has 0 spiro atoms. The highest BCUT2D eigenvalue weighted by atomic mass is 127. The van der Waals surface area contributed by atoms with Crippen molar-refractivity contribution >= 4 is 47.2 Å². The van der Waals surface area contributed by atoms with Gasteiger partial charge in [-0.15, -0.1) is 24.0 Å². The van der Waals surface area contributed by atoms with E-state index < -0.39 is 0 Å². The molecule has 7 heteroatoms. The minimum Gasteiger partial charge on any atom is -0.357 e. The molecule has 1 aromatic heterocycles. The lowest BCUT2D eigenvalue weighted by atomic mass is 9.90. The molecule has 2 N–H and O–H groups in total. The highest BCUT2D eigenvalue weighted by molar-refractivity contribution is 14.0. The Morgan fingerprint density at radius 2 is 1.90 bits per heavy atom. The Morgan fingerprint density at radius 1 is 1.14 bits per heavy atom. The Balaban J connectivity index is 0.00000300. The number of hydrogen-bond acceptors (Lipinski definition) is 3. The Bertz CT molecular complexity index is 743. The van der Waals surface area contributed by atoms with Crippen LogP contribution in [0.15, 0.2) is 52.2 Å². The fraction of sp³-hybridized carbons (Fsp3) is 0.455. The van der Waals surface area contributed by atoms with Gasteiger partial charge in [-0.05, 0) is 60.1 Å². The zero-order chi connectivity index (χ0) is 19.6. The molecule has 0 radical (unpaired) electrons. The van der Waals surface area contributed by atoms with Crippen LogP contribution in [0.1, 0.15) is 30.9 Å². The van der Waals surface area contributed by atoms with Gasteiger partial charge >= 0.3 is 0 Å². The quantitative estimate of drug-likeness (QED) is 0.327. The Kier molecular flexibility index (Phi) is 10.5. The summed E-state index contributed by atoms with van der Waals surface area (Å²) in [6.45, 7) is 5.41. The highest BCUT2D eigenvalue weighted by Gasteiger charge is 2.22. The molecule has 1 fully saturated rings. The summed E-state index contributed by atoms with van der Waals surface area (Å²) in [6, 6.07) is 12.7. The number of nitrogens with zero attached hydrogens (tertiary/aromatic N) is 2. The number of rotatable bonds is 7. The number of amides is 1. The molecule has 2 heterocycles. The lowest BCUT2D eigenvalue weighted by Crippen LogP contribution is -2.47. The molecule has 0 saturated carbocycles. The van der Waals surface area contributed by atoms with Crippen LogP contribution in [0.3, 0.4) is 0 Å². The van der Waals surface area contributed by atoms with Crippen LogP contribution in [0, 0.1) is 5.92 Å². The van der Waals surface area contributed by atoms with Gasteiger partial charge in [-0.25, -0.2) is 4.99 Å². The first-order valence-electron chi connectivity index (χ1n) is 10.1. The van der Waals surface area contributed by atoms with Gasteiger partial charge in [0.15, 0.2) is 5.96 Å². The number of hydrogen-bond donors (Lipinski definition) is 2.